The summed E-state index contributed by atoms with van der Waals surface area (Å²) < 4.78 is 5.12. The van der Waals surface area contributed by atoms with Gasteiger partial charge >= 0.3 is 6.09 Å². The fourth-order valence-electron chi connectivity index (χ4n) is 3.61. The van der Waals surface area contributed by atoms with Gasteiger partial charge in [0, 0.05) is 49.2 Å². The smallest absolute Gasteiger partial charge is 0.409 e. The minimum Gasteiger partial charge on any atom is -0.450 e. The van der Waals surface area contributed by atoms with Crippen molar-refractivity contribution in [2.24, 2.45) is 5.92 Å². The number of anilines is 1. The first-order valence-electron chi connectivity index (χ1n) is 9.75. The maximum absolute atomic E-state index is 12.0. The number of H-pyrrole nitrogens is 1. The van der Waals surface area contributed by atoms with Crippen LogP contribution in [-0.4, -0.2) is 57.2 Å². The van der Waals surface area contributed by atoms with Crippen LogP contribution in [0.4, 0.5) is 10.6 Å². The van der Waals surface area contributed by atoms with Crippen molar-refractivity contribution in [1.29, 1.82) is 0 Å². The number of hydrogen-bond donors (Lipinski definition) is 2. The zero-order valence-electron chi connectivity index (χ0n) is 16.2. The molecule has 1 aliphatic rings. The Labute approximate surface area is 173 Å². The van der Waals surface area contributed by atoms with E-state index in [9.17, 15) is 4.79 Å². The lowest BCUT2D eigenvalue weighted by Crippen LogP contribution is -2.42. The quantitative estimate of drug-likeness (QED) is 0.656. The molecule has 8 nitrogen and oxygen atoms in total. The minimum atomic E-state index is -0.229. The summed E-state index contributed by atoms with van der Waals surface area (Å²) in [5, 5.41) is 4.83. The van der Waals surface area contributed by atoms with Gasteiger partial charge in [0.05, 0.1) is 11.6 Å². The molecule has 9 heteroatoms. The van der Waals surface area contributed by atoms with E-state index in [2.05, 4.69) is 25.3 Å². The lowest BCUT2D eigenvalue weighted by molar-refractivity contribution is 0.0898. The molecular weight excluding hydrogens is 392 g/mol. The summed E-state index contributed by atoms with van der Waals surface area (Å²) in [5.41, 5.74) is 1.59. The Morgan fingerprint density at radius 2 is 2.34 bits per heavy atom. The summed E-state index contributed by atoms with van der Waals surface area (Å²) in [6, 6.07) is 3.70. The van der Waals surface area contributed by atoms with Crippen LogP contribution in [0.5, 0.6) is 0 Å². The summed E-state index contributed by atoms with van der Waals surface area (Å²) in [5.74, 6) is 1.69. The van der Waals surface area contributed by atoms with Crippen LogP contribution in [0, 0.1) is 5.92 Å². The molecule has 1 amide bonds. The summed E-state index contributed by atoms with van der Waals surface area (Å²) in [6.07, 6.45) is 6.98. The Morgan fingerprint density at radius 3 is 3.21 bits per heavy atom. The summed E-state index contributed by atoms with van der Waals surface area (Å²) >= 11 is 6.09. The molecule has 0 saturated carbocycles. The van der Waals surface area contributed by atoms with Gasteiger partial charge in [-0.25, -0.2) is 19.7 Å². The van der Waals surface area contributed by atoms with E-state index in [1.165, 1.54) is 0 Å². The van der Waals surface area contributed by atoms with Crippen LogP contribution in [0.25, 0.3) is 22.4 Å². The van der Waals surface area contributed by atoms with Gasteiger partial charge in [0.15, 0.2) is 5.82 Å². The van der Waals surface area contributed by atoms with Gasteiger partial charge in [0.1, 0.15) is 11.5 Å². The zero-order valence-corrected chi connectivity index (χ0v) is 16.9. The van der Waals surface area contributed by atoms with Gasteiger partial charge < -0.3 is 19.9 Å². The molecule has 29 heavy (non-hydrogen) atoms. The molecule has 0 spiro atoms. The Kier molecular flexibility index (Phi) is 5.80. The van der Waals surface area contributed by atoms with Crippen molar-refractivity contribution in [3.8, 4) is 11.4 Å². The number of nitrogens with one attached hydrogen (secondary N) is 2. The van der Waals surface area contributed by atoms with E-state index in [0.29, 0.717) is 29.9 Å². The highest BCUT2D eigenvalue weighted by Gasteiger charge is 2.24. The van der Waals surface area contributed by atoms with Crippen LogP contribution >= 0.6 is 11.6 Å². The monoisotopic (exact) mass is 414 g/mol. The molecule has 3 aromatic heterocycles. The third-order valence-electron chi connectivity index (χ3n) is 5.01. The normalized spacial score (nSPS) is 16.8. The zero-order chi connectivity index (χ0) is 20.2. The summed E-state index contributed by atoms with van der Waals surface area (Å²) in [4.78, 5) is 30.2. The number of carbonyl (C=O) groups is 1. The third kappa shape index (κ3) is 4.42. The molecule has 0 aliphatic carbocycles. The van der Waals surface area contributed by atoms with Crippen molar-refractivity contribution in [2.45, 2.75) is 19.8 Å². The number of carbonyl (C=O) groups excluding carboxylic acids is 1. The highest BCUT2D eigenvalue weighted by molar-refractivity contribution is 6.31. The Hall–Kier alpha value is -2.87. The SMILES string of the molecule is CCOC(=O)N1CCC[C@H](CNc2ccnc(-c3c[nH]c4ncc(Cl)cc34)n2)C1. The van der Waals surface area contributed by atoms with Gasteiger partial charge in [0.2, 0.25) is 0 Å². The number of rotatable bonds is 5. The standard InChI is InChI=1S/C20H23ClN6O2/c1-2-29-20(28)27-7-3-4-13(12-27)9-23-17-5-6-22-19(26-17)16-11-25-18-15(16)8-14(21)10-24-18/h5-6,8,10-11,13H,2-4,7,9,12H2,1H3,(H,24,25)(H,22,23,26)/t13-/m1/s1. The molecule has 1 fully saturated rings. The first-order chi connectivity index (χ1) is 14.1. The lowest BCUT2D eigenvalue weighted by atomic mass is 9.98. The van der Waals surface area contributed by atoms with Gasteiger partial charge in [-0.3, -0.25) is 0 Å². The number of pyridine rings is 1. The van der Waals surface area contributed by atoms with Crippen molar-refractivity contribution in [3.63, 3.8) is 0 Å². The molecule has 0 unspecified atom stereocenters. The number of nitrogens with zero attached hydrogens (tertiary/aromatic N) is 4. The van der Waals surface area contributed by atoms with Crippen molar-refractivity contribution in [1.82, 2.24) is 24.8 Å². The number of halogens is 1. The van der Waals surface area contributed by atoms with Crippen LogP contribution < -0.4 is 5.32 Å². The van der Waals surface area contributed by atoms with Gasteiger partial charge in [-0.2, -0.15) is 0 Å². The van der Waals surface area contributed by atoms with E-state index in [4.69, 9.17) is 16.3 Å². The second kappa shape index (κ2) is 8.65. The lowest BCUT2D eigenvalue weighted by Gasteiger charge is -2.32. The molecule has 0 bridgehead atoms. The van der Waals surface area contributed by atoms with E-state index < -0.39 is 0 Å². The molecule has 4 heterocycles. The van der Waals surface area contributed by atoms with E-state index in [1.54, 1.807) is 17.3 Å². The van der Waals surface area contributed by atoms with E-state index in [0.717, 1.165) is 48.3 Å². The Balaban J connectivity index is 1.44. The molecule has 1 atom stereocenters. The van der Waals surface area contributed by atoms with Crippen molar-refractivity contribution in [2.75, 3.05) is 31.6 Å². The second-order valence-electron chi connectivity index (χ2n) is 7.05. The predicted octanol–water partition coefficient (Wildman–Crippen LogP) is 3.95. The fraction of sp³-hybridized carbons (Fsp3) is 0.400. The summed E-state index contributed by atoms with van der Waals surface area (Å²) in [6.45, 7) is 4.40. The number of hydrogen-bond acceptors (Lipinski definition) is 6. The molecule has 152 valence electrons. The van der Waals surface area contributed by atoms with Crippen LogP contribution in [0.3, 0.4) is 0 Å². The largest absolute Gasteiger partial charge is 0.450 e. The molecule has 1 saturated heterocycles. The Bertz CT molecular complexity index is 1010. The topological polar surface area (TPSA) is 96.0 Å². The number of amides is 1. The maximum Gasteiger partial charge on any atom is 0.409 e. The van der Waals surface area contributed by atoms with E-state index >= 15 is 0 Å². The number of aromatic nitrogens is 4. The number of fused-ring (bicyclic) bond motifs is 1. The average Bonchev–Trinajstić information content (AvgIpc) is 3.16. The number of aromatic amines is 1. The highest BCUT2D eigenvalue weighted by atomic mass is 35.5. The van der Waals surface area contributed by atoms with Crippen LogP contribution in [-0.2, 0) is 4.74 Å². The molecule has 3 aromatic rings. The van der Waals surface area contributed by atoms with Gasteiger partial charge in [-0.15, -0.1) is 0 Å². The fourth-order valence-corrected chi connectivity index (χ4v) is 3.77. The Morgan fingerprint density at radius 1 is 1.45 bits per heavy atom. The molecule has 2 N–H and O–H groups in total. The first-order valence-corrected chi connectivity index (χ1v) is 10.1. The van der Waals surface area contributed by atoms with Gasteiger partial charge in [0.25, 0.3) is 0 Å². The van der Waals surface area contributed by atoms with Crippen LogP contribution in [0.2, 0.25) is 5.02 Å². The van der Waals surface area contributed by atoms with Crippen molar-refractivity contribution in [3.05, 3.63) is 35.7 Å². The van der Waals surface area contributed by atoms with E-state index in [-0.39, 0.29) is 6.09 Å². The highest BCUT2D eigenvalue weighted by Crippen LogP contribution is 2.27. The summed E-state index contributed by atoms with van der Waals surface area (Å²) in [7, 11) is 0. The molecule has 0 radical (unpaired) electrons. The van der Waals surface area contributed by atoms with Gasteiger partial charge in [-0.1, -0.05) is 11.6 Å². The second-order valence-corrected chi connectivity index (χ2v) is 7.49. The minimum absolute atomic E-state index is 0.229. The van der Waals surface area contributed by atoms with E-state index in [1.807, 2.05) is 25.3 Å². The molecular formula is C20H23ClN6O2. The molecule has 4 rings (SSSR count). The molecule has 1 aliphatic heterocycles. The number of likely N-dealkylation sites (tertiary alicyclic amines) is 1. The average molecular weight is 415 g/mol. The van der Waals surface area contributed by atoms with Crippen molar-refractivity contribution < 1.29 is 9.53 Å². The van der Waals surface area contributed by atoms with Gasteiger partial charge in [-0.05, 0) is 37.8 Å². The molecule has 0 aromatic carbocycles. The number of piperidine rings is 1. The first kappa shape index (κ1) is 19.4. The predicted molar refractivity (Wildman–Crippen MR) is 112 cm³/mol. The third-order valence-corrected chi connectivity index (χ3v) is 5.22. The maximum atomic E-state index is 12.0. The van der Waals surface area contributed by atoms with Crippen LogP contribution in [0.15, 0.2) is 30.7 Å². The van der Waals surface area contributed by atoms with Crippen molar-refractivity contribution >= 4 is 34.5 Å². The number of ether oxygens (including phenoxy) is 1. The van der Waals surface area contributed by atoms with Crippen LogP contribution in [0.1, 0.15) is 19.8 Å².